The third-order valence-electron chi connectivity index (χ3n) is 2.43. The van der Waals surface area contributed by atoms with E-state index in [-0.39, 0.29) is 11.2 Å². The van der Waals surface area contributed by atoms with Gasteiger partial charge in [-0.2, -0.15) is 0 Å². The summed E-state index contributed by atoms with van der Waals surface area (Å²) >= 11 is 3.61. The van der Waals surface area contributed by atoms with Crippen LogP contribution in [0.3, 0.4) is 0 Å². The van der Waals surface area contributed by atoms with Crippen LogP contribution in [0.4, 0.5) is 5.69 Å². The first kappa shape index (κ1) is 14.3. The van der Waals surface area contributed by atoms with E-state index in [1.165, 1.54) is 11.8 Å². The Balaban J connectivity index is 1.96. The monoisotopic (exact) mass is 388 g/mol. The Kier molecular flexibility index (Phi) is 4.81. The van der Waals surface area contributed by atoms with Gasteiger partial charge in [0.05, 0.1) is 5.25 Å². The average molecular weight is 388 g/mol. The number of nitrogens with one attached hydrogen (secondary N) is 1. The SMILES string of the molecule is CC(Sc1nncn1C)C(=O)Nc1ccc(I)cc1. The maximum absolute atomic E-state index is 12.0. The first-order valence-electron chi connectivity index (χ1n) is 5.63. The van der Waals surface area contributed by atoms with Crippen LogP contribution in [0, 0.1) is 3.57 Å². The topological polar surface area (TPSA) is 59.8 Å². The van der Waals surface area contributed by atoms with Crippen molar-refractivity contribution in [3.05, 3.63) is 34.2 Å². The zero-order valence-corrected chi connectivity index (χ0v) is 13.5. The van der Waals surface area contributed by atoms with Gasteiger partial charge in [-0.1, -0.05) is 11.8 Å². The van der Waals surface area contributed by atoms with Crippen LogP contribution in [-0.2, 0) is 11.8 Å². The van der Waals surface area contributed by atoms with E-state index in [2.05, 4.69) is 38.1 Å². The standard InChI is InChI=1S/C12H13IN4OS/c1-8(19-12-16-14-7-17(12)2)11(18)15-10-5-3-9(13)4-6-10/h3-8H,1-2H3,(H,15,18). The van der Waals surface area contributed by atoms with E-state index in [1.807, 2.05) is 38.2 Å². The molecule has 1 aromatic carbocycles. The molecule has 1 unspecified atom stereocenters. The Morgan fingerprint density at radius 2 is 2.11 bits per heavy atom. The zero-order chi connectivity index (χ0) is 13.8. The third-order valence-corrected chi connectivity index (χ3v) is 4.30. The van der Waals surface area contributed by atoms with Gasteiger partial charge in [-0.3, -0.25) is 4.79 Å². The highest BCUT2D eigenvalue weighted by Crippen LogP contribution is 2.21. The molecule has 0 bridgehead atoms. The molecule has 5 nitrogen and oxygen atoms in total. The number of aromatic nitrogens is 3. The van der Waals surface area contributed by atoms with Gasteiger partial charge in [-0.15, -0.1) is 10.2 Å². The van der Waals surface area contributed by atoms with E-state index in [1.54, 1.807) is 10.9 Å². The summed E-state index contributed by atoms with van der Waals surface area (Å²) in [5.41, 5.74) is 0.802. The molecule has 0 saturated heterocycles. The largest absolute Gasteiger partial charge is 0.325 e. The van der Waals surface area contributed by atoms with E-state index >= 15 is 0 Å². The molecule has 2 rings (SSSR count). The van der Waals surface area contributed by atoms with Crippen molar-refractivity contribution in [3.8, 4) is 0 Å². The lowest BCUT2D eigenvalue weighted by molar-refractivity contribution is -0.115. The zero-order valence-electron chi connectivity index (χ0n) is 10.5. The van der Waals surface area contributed by atoms with Crippen LogP contribution in [0.2, 0.25) is 0 Å². The Morgan fingerprint density at radius 1 is 1.42 bits per heavy atom. The summed E-state index contributed by atoms with van der Waals surface area (Å²) in [6.07, 6.45) is 1.62. The summed E-state index contributed by atoms with van der Waals surface area (Å²) in [6, 6.07) is 7.69. The average Bonchev–Trinajstić information content (AvgIpc) is 2.78. The molecule has 2 aromatic rings. The van der Waals surface area contributed by atoms with E-state index in [9.17, 15) is 4.79 Å². The molecule has 7 heteroatoms. The summed E-state index contributed by atoms with van der Waals surface area (Å²) in [4.78, 5) is 12.0. The summed E-state index contributed by atoms with van der Waals surface area (Å²) in [5.74, 6) is -0.0470. The number of amides is 1. The fourth-order valence-electron chi connectivity index (χ4n) is 1.37. The number of nitrogens with zero attached hydrogens (tertiary/aromatic N) is 3. The van der Waals surface area contributed by atoms with Gasteiger partial charge in [-0.05, 0) is 53.8 Å². The predicted molar refractivity (Wildman–Crippen MR) is 84.1 cm³/mol. The Hall–Kier alpha value is -1.09. The van der Waals surface area contributed by atoms with E-state index in [4.69, 9.17) is 0 Å². The van der Waals surface area contributed by atoms with Gasteiger partial charge >= 0.3 is 0 Å². The van der Waals surface area contributed by atoms with E-state index < -0.39 is 0 Å². The minimum atomic E-state index is -0.234. The quantitative estimate of drug-likeness (QED) is 0.646. The number of thioether (sulfide) groups is 1. The molecule has 1 amide bonds. The molecular weight excluding hydrogens is 375 g/mol. The van der Waals surface area contributed by atoms with Crippen molar-refractivity contribution in [1.82, 2.24) is 14.8 Å². The van der Waals surface area contributed by atoms with Crippen LogP contribution in [0.15, 0.2) is 35.7 Å². The van der Waals surface area contributed by atoms with Gasteiger partial charge in [0.2, 0.25) is 5.91 Å². The van der Waals surface area contributed by atoms with Gasteiger partial charge in [0.15, 0.2) is 5.16 Å². The van der Waals surface area contributed by atoms with Crippen molar-refractivity contribution in [2.45, 2.75) is 17.3 Å². The molecule has 0 aliphatic heterocycles. The molecule has 1 aromatic heterocycles. The van der Waals surface area contributed by atoms with Crippen molar-refractivity contribution >= 4 is 45.9 Å². The van der Waals surface area contributed by atoms with Gasteiger partial charge < -0.3 is 9.88 Å². The van der Waals surface area contributed by atoms with Crippen molar-refractivity contribution < 1.29 is 4.79 Å². The fraction of sp³-hybridized carbons (Fsp3) is 0.250. The molecule has 0 spiro atoms. The third kappa shape index (κ3) is 3.93. The number of aryl methyl sites for hydroxylation is 1. The number of benzene rings is 1. The van der Waals surface area contributed by atoms with Gasteiger partial charge in [0.1, 0.15) is 6.33 Å². The maximum atomic E-state index is 12.0. The number of hydrogen-bond acceptors (Lipinski definition) is 4. The number of hydrogen-bond donors (Lipinski definition) is 1. The molecule has 1 N–H and O–H groups in total. The first-order valence-corrected chi connectivity index (χ1v) is 7.59. The number of carbonyl (C=O) groups excluding carboxylic acids is 1. The summed E-state index contributed by atoms with van der Waals surface area (Å²) in [6.45, 7) is 1.85. The second-order valence-electron chi connectivity index (χ2n) is 3.98. The Morgan fingerprint density at radius 3 is 2.68 bits per heavy atom. The van der Waals surface area contributed by atoms with E-state index in [0.29, 0.717) is 0 Å². The molecule has 19 heavy (non-hydrogen) atoms. The molecule has 0 aliphatic carbocycles. The van der Waals surface area contributed by atoms with Crippen molar-refractivity contribution in [2.75, 3.05) is 5.32 Å². The lowest BCUT2D eigenvalue weighted by atomic mass is 10.3. The van der Waals surface area contributed by atoms with Crippen LogP contribution in [0.5, 0.6) is 0 Å². The van der Waals surface area contributed by atoms with Crippen LogP contribution in [-0.4, -0.2) is 25.9 Å². The molecule has 100 valence electrons. The number of halogens is 1. The highest BCUT2D eigenvalue weighted by atomic mass is 127. The Labute approximate surface area is 129 Å². The lowest BCUT2D eigenvalue weighted by Crippen LogP contribution is -2.22. The van der Waals surface area contributed by atoms with Crippen LogP contribution < -0.4 is 5.32 Å². The number of carbonyl (C=O) groups is 1. The molecule has 0 radical (unpaired) electrons. The Bertz CT molecular complexity index is 569. The first-order chi connectivity index (χ1) is 9.06. The molecular formula is C12H13IN4OS. The number of anilines is 1. The van der Waals surface area contributed by atoms with E-state index in [0.717, 1.165) is 14.4 Å². The molecule has 0 fully saturated rings. The van der Waals surface area contributed by atoms with Crippen molar-refractivity contribution in [2.24, 2.45) is 7.05 Å². The molecule has 0 saturated carbocycles. The summed E-state index contributed by atoms with van der Waals surface area (Å²) in [7, 11) is 1.85. The van der Waals surface area contributed by atoms with Crippen molar-refractivity contribution in [3.63, 3.8) is 0 Å². The normalized spacial score (nSPS) is 12.2. The molecule has 1 heterocycles. The van der Waals surface area contributed by atoms with Crippen LogP contribution in [0.25, 0.3) is 0 Å². The summed E-state index contributed by atoms with van der Waals surface area (Å²) in [5, 5.41) is 11.1. The molecule has 1 atom stereocenters. The molecule has 0 aliphatic rings. The van der Waals surface area contributed by atoms with Crippen molar-refractivity contribution in [1.29, 1.82) is 0 Å². The second kappa shape index (κ2) is 6.38. The number of rotatable bonds is 4. The highest BCUT2D eigenvalue weighted by Gasteiger charge is 2.17. The second-order valence-corrected chi connectivity index (χ2v) is 6.53. The van der Waals surface area contributed by atoms with Crippen LogP contribution in [0.1, 0.15) is 6.92 Å². The summed E-state index contributed by atoms with van der Waals surface area (Å²) < 4.78 is 2.93. The van der Waals surface area contributed by atoms with Gasteiger partial charge in [0.25, 0.3) is 0 Å². The smallest absolute Gasteiger partial charge is 0.237 e. The fourth-order valence-corrected chi connectivity index (χ4v) is 2.52. The lowest BCUT2D eigenvalue weighted by Gasteiger charge is -2.11. The predicted octanol–water partition coefficient (Wildman–Crippen LogP) is 2.54. The van der Waals surface area contributed by atoms with Crippen LogP contribution >= 0.6 is 34.4 Å². The maximum Gasteiger partial charge on any atom is 0.237 e. The van der Waals surface area contributed by atoms with Gasteiger partial charge in [0, 0.05) is 16.3 Å². The van der Waals surface area contributed by atoms with Gasteiger partial charge in [-0.25, -0.2) is 0 Å². The minimum absolute atomic E-state index is 0.0470. The highest BCUT2D eigenvalue weighted by molar-refractivity contribution is 14.1. The minimum Gasteiger partial charge on any atom is -0.325 e.